The molecule has 0 atom stereocenters. The zero-order valence-corrected chi connectivity index (χ0v) is 10.5. The van der Waals surface area contributed by atoms with Crippen LogP contribution in [0.2, 0.25) is 0 Å². The van der Waals surface area contributed by atoms with Gasteiger partial charge in [-0.1, -0.05) is 0 Å². The van der Waals surface area contributed by atoms with Crippen LogP contribution in [0.15, 0.2) is 12.1 Å². The molecule has 94 valence electrons. The molecule has 0 aliphatic carbocycles. The quantitative estimate of drug-likeness (QED) is 0.747. The van der Waals surface area contributed by atoms with Gasteiger partial charge in [0.15, 0.2) is 0 Å². The first-order valence-electron chi connectivity index (χ1n) is 5.65. The van der Waals surface area contributed by atoms with Crippen LogP contribution in [-0.4, -0.2) is 24.7 Å². The van der Waals surface area contributed by atoms with Crippen LogP contribution in [0.1, 0.15) is 24.0 Å². The number of nitrogens with one attached hydrogen (secondary N) is 1. The van der Waals surface area contributed by atoms with E-state index in [0.717, 1.165) is 11.4 Å². The number of hydrogen-bond acceptors (Lipinski definition) is 3. The maximum atomic E-state index is 10.4. The van der Waals surface area contributed by atoms with Gasteiger partial charge in [0.1, 0.15) is 5.75 Å². The molecule has 1 rings (SSSR count). The number of ether oxygens (including phenoxy) is 1. The number of aryl methyl sites for hydroxylation is 2. The Bertz CT molecular complexity index is 402. The first-order valence-corrected chi connectivity index (χ1v) is 5.65. The highest BCUT2D eigenvalue weighted by atomic mass is 16.5. The zero-order chi connectivity index (χ0) is 12.8. The SMILES string of the molecule is COc1cc(C)c(C)cc1NCCCC(=O)O. The summed E-state index contributed by atoms with van der Waals surface area (Å²) in [5, 5.41) is 11.7. The summed E-state index contributed by atoms with van der Waals surface area (Å²) in [6, 6.07) is 4.00. The van der Waals surface area contributed by atoms with Gasteiger partial charge in [-0.15, -0.1) is 0 Å². The lowest BCUT2D eigenvalue weighted by atomic mass is 10.1. The third kappa shape index (κ3) is 3.98. The van der Waals surface area contributed by atoms with E-state index in [9.17, 15) is 4.79 Å². The largest absolute Gasteiger partial charge is 0.495 e. The molecular formula is C13H19NO3. The van der Waals surface area contributed by atoms with Gasteiger partial charge in [-0.3, -0.25) is 4.79 Å². The summed E-state index contributed by atoms with van der Waals surface area (Å²) in [6.45, 7) is 4.70. The average Bonchev–Trinajstić information content (AvgIpc) is 2.28. The predicted molar refractivity (Wildman–Crippen MR) is 67.8 cm³/mol. The van der Waals surface area contributed by atoms with Crippen molar-refractivity contribution in [3.8, 4) is 5.75 Å². The number of rotatable bonds is 6. The number of methoxy groups -OCH3 is 1. The van der Waals surface area contributed by atoms with E-state index in [-0.39, 0.29) is 6.42 Å². The Morgan fingerprint density at radius 2 is 2.00 bits per heavy atom. The second kappa shape index (κ2) is 6.13. The lowest BCUT2D eigenvalue weighted by Crippen LogP contribution is -2.06. The molecule has 0 heterocycles. The number of aliphatic carboxylic acids is 1. The van der Waals surface area contributed by atoms with Crippen LogP contribution >= 0.6 is 0 Å². The molecule has 0 spiro atoms. The van der Waals surface area contributed by atoms with E-state index in [0.29, 0.717) is 13.0 Å². The minimum Gasteiger partial charge on any atom is -0.495 e. The topological polar surface area (TPSA) is 58.6 Å². The molecule has 0 aliphatic rings. The summed E-state index contributed by atoms with van der Waals surface area (Å²) in [6.07, 6.45) is 0.783. The highest BCUT2D eigenvalue weighted by molar-refractivity contribution is 5.66. The molecule has 1 aromatic carbocycles. The number of benzene rings is 1. The third-order valence-electron chi connectivity index (χ3n) is 2.70. The van der Waals surface area contributed by atoms with Crippen LogP contribution in [0.25, 0.3) is 0 Å². The molecule has 0 unspecified atom stereocenters. The fourth-order valence-electron chi connectivity index (χ4n) is 1.56. The number of carboxylic acid groups (broad SMARTS) is 1. The van der Waals surface area contributed by atoms with Gasteiger partial charge in [-0.05, 0) is 43.5 Å². The van der Waals surface area contributed by atoms with Gasteiger partial charge >= 0.3 is 5.97 Å². The van der Waals surface area contributed by atoms with E-state index >= 15 is 0 Å². The lowest BCUT2D eigenvalue weighted by molar-refractivity contribution is -0.137. The molecule has 0 aliphatic heterocycles. The van der Waals surface area contributed by atoms with Crippen LogP contribution in [-0.2, 0) is 4.79 Å². The smallest absolute Gasteiger partial charge is 0.303 e. The maximum Gasteiger partial charge on any atom is 0.303 e. The van der Waals surface area contributed by atoms with Crippen molar-refractivity contribution in [1.82, 2.24) is 0 Å². The standard InChI is InChI=1S/C13H19NO3/c1-9-7-11(12(17-3)8-10(9)2)14-6-4-5-13(15)16/h7-8,14H,4-6H2,1-3H3,(H,15,16). The molecule has 0 bridgehead atoms. The molecule has 17 heavy (non-hydrogen) atoms. The first-order chi connectivity index (χ1) is 8.04. The Labute approximate surface area is 102 Å². The highest BCUT2D eigenvalue weighted by Crippen LogP contribution is 2.27. The van der Waals surface area contributed by atoms with Crippen molar-refractivity contribution in [1.29, 1.82) is 0 Å². The lowest BCUT2D eigenvalue weighted by Gasteiger charge is -2.13. The van der Waals surface area contributed by atoms with Crippen LogP contribution in [0.3, 0.4) is 0 Å². The average molecular weight is 237 g/mol. The van der Waals surface area contributed by atoms with E-state index < -0.39 is 5.97 Å². The Kier molecular flexibility index (Phi) is 4.82. The Hall–Kier alpha value is -1.71. The summed E-state index contributed by atoms with van der Waals surface area (Å²) in [5.74, 6) is 0.0299. The van der Waals surface area contributed by atoms with Gasteiger partial charge in [0.25, 0.3) is 0 Å². The predicted octanol–water partition coefficient (Wildman–Crippen LogP) is 2.59. The van der Waals surface area contributed by atoms with Gasteiger partial charge in [-0.25, -0.2) is 0 Å². The summed E-state index contributed by atoms with van der Waals surface area (Å²) in [7, 11) is 1.63. The number of carboxylic acids is 1. The minimum atomic E-state index is -0.765. The van der Waals surface area contributed by atoms with Crippen LogP contribution in [0.4, 0.5) is 5.69 Å². The molecular weight excluding hydrogens is 218 g/mol. The molecule has 4 nitrogen and oxygen atoms in total. The minimum absolute atomic E-state index is 0.181. The third-order valence-corrected chi connectivity index (χ3v) is 2.70. The van der Waals surface area contributed by atoms with Crippen LogP contribution < -0.4 is 10.1 Å². The Morgan fingerprint density at radius 1 is 1.35 bits per heavy atom. The van der Waals surface area contributed by atoms with Crippen LogP contribution in [0.5, 0.6) is 5.75 Å². The van der Waals surface area contributed by atoms with Crippen molar-refractivity contribution in [2.24, 2.45) is 0 Å². The van der Waals surface area contributed by atoms with E-state index in [2.05, 4.69) is 5.32 Å². The van der Waals surface area contributed by atoms with E-state index in [1.165, 1.54) is 11.1 Å². The number of anilines is 1. The van der Waals surface area contributed by atoms with Gasteiger partial charge < -0.3 is 15.2 Å². The summed E-state index contributed by atoms with van der Waals surface area (Å²) < 4.78 is 5.28. The summed E-state index contributed by atoms with van der Waals surface area (Å²) in [4.78, 5) is 10.4. The Balaban J connectivity index is 2.63. The van der Waals surface area contributed by atoms with Crippen molar-refractivity contribution < 1.29 is 14.6 Å². The molecule has 0 saturated heterocycles. The molecule has 0 fully saturated rings. The van der Waals surface area contributed by atoms with Crippen LogP contribution in [0, 0.1) is 13.8 Å². The van der Waals surface area contributed by atoms with Crippen molar-refractivity contribution in [3.05, 3.63) is 23.3 Å². The van der Waals surface area contributed by atoms with Crippen molar-refractivity contribution >= 4 is 11.7 Å². The van der Waals surface area contributed by atoms with Gasteiger partial charge in [-0.2, -0.15) is 0 Å². The van der Waals surface area contributed by atoms with Crippen molar-refractivity contribution in [2.75, 3.05) is 19.0 Å². The van der Waals surface area contributed by atoms with Gasteiger partial charge in [0.05, 0.1) is 12.8 Å². The molecule has 0 amide bonds. The van der Waals surface area contributed by atoms with E-state index in [1.54, 1.807) is 7.11 Å². The second-order valence-electron chi connectivity index (χ2n) is 4.06. The van der Waals surface area contributed by atoms with Crippen molar-refractivity contribution in [3.63, 3.8) is 0 Å². The molecule has 1 aromatic rings. The summed E-state index contributed by atoms with van der Waals surface area (Å²) >= 11 is 0. The Morgan fingerprint density at radius 3 is 2.59 bits per heavy atom. The van der Waals surface area contributed by atoms with Crippen molar-refractivity contribution in [2.45, 2.75) is 26.7 Å². The van der Waals surface area contributed by atoms with E-state index in [1.807, 2.05) is 26.0 Å². The maximum absolute atomic E-state index is 10.4. The fourth-order valence-corrected chi connectivity index (χ4v) is 1.56. The molecule has 0 saturated carbocycles. The molecule has 0 aromatic heterocycles. The first kappa shape index (κ1) is 13.4. The summed E-state index contributed by atoms with van der Waals surface area (Å²) in [5.41, 5.74) is 3.28. The number of carbonyl (C=O) groups is 1. The fraction of sp³-hybridized carbons (Fsp3) is 0.462. The normalized spacial score (nSPS) is 10.1. The molecule has 2 N–H and O–H groups in total. The van der Waals surface area contributed by atoms with Gasteiger partial charge in [0.2, 0.25) is 0 Å². The molecule has 4 heteroatoms. The van der Waals surface area contributed by atoms with E-state index in [4.69, 9.17) is 9.84 Å². The highest BCUT2D eigenvalue weighted by Gasteiger charge is 2.05. The monoisotopic (exact) mass is 237 g/mol. The second-order valence-corrected chi connectivity index (χ2v) is 4.06. The number of hydrogen-bond donors (Lipinski definition) is 2. The molecule has 0 radical (unpaired) electrons. The zero-order valence-electron chi connectivity index (χ0n) is 10.5. The van der Waals surface area contributed by atoms with Gasteiger partial charge in [0, 0.05) is 13.0 Å².